The lowest BCUT2D eigenvalue weighted by Crippen LogP contribution is -2.35. The lowest BCUT2D eigenvalue weighted by atomic mass is 10.1. The Morgan fingerprint density at radius 3 is 2.38 bits per heavy atom. The molecule has 1 rings (SSSR count). The van der Waals surface area contributed by atoms with E-state index >= 15 is 0 Å². The van der Waals surface area contributed by atoms with E-state index in [9.17, 15) is 4.79 Å². The molecule has 1 aromatic carbocycles. The van der Waals surface area contributed by atoms with Crippen LogP contribution in [0.2, 0.25) is 0 Å². The van der Waals surface area contributed by atoms with E-state index in [1.807, 2.05) is 52.2 Å². The van der Waals surface area contributed by atoms with Crippen molar-refractivity contribution >= 4 is 5.97 Å². The Bertz CT molecular complexity index is 418. The molecular weight excluding hydrogens is 268 g/mol. The first-order valence-corrected chi connectivity index (χ1v) is 7.36. The second kappa shape index (κ2) is 9.37. The molecule has 5 heteroatoms. The van der Waals surface area contributed by atoms with Gasteiger partial charge in [-0.3, -0.25) is 5.32 Å². The van der Waals surface area contributed by atoms with E-state index in [1.54, 1.807) is 0 Å². The Labute approximate surface area is 127 Å². The van der Waals surface area contributed by atoms with Crippen LogP contribution < -0.4 is 10.1 Å². The van der Waals surface area contributed by atoms with Crippen molar-refractivity contribution in [2.75, 3.05) is 40.4 Å². The Hall–Kier alpha value is -1.59. The van der Waals surface area contributed by atoms with Gasteiger partial charge in [0.25, 0.3) is 0 Å². The van der Waals surface area contributed by atoms with E-state index in [0.717, 1.165) is 17.9 Å². The summed E-state index contributed by atoms with van der Waals surface area (Å²) in [7, 11) is 4.00. The second-order valence-electron chi connectivity index (χ2n) is 4.94. The zero-order chi connectivity index (χ0) is 15.7. The molecule has 0 aliphatic rings. The molecule has 0 spiro atoms. The minimum atomic E-state index is -0.444. The molecular formula is C16H26N2O3. The summed E-state index contributed by atoms with van der Waals surface area (Å²) in [4.78, 5) is 14.2. The number of ether oxygens (including phenoxy) is 2. The first-order chi connectivity index (χ1) is 10.1. The van der Waals surface area contributed by atoms with Gasteiger partial charge in [0.05, 0.1) is 13.2 Å². The lowest BCUT2D eigenvalue weighted by Gasteiger charge is -2.19. The molecule has 5 nitrogen and oxygen atoms in total. The highest BCUT2D eigenvalue weighted by Crippen LogP contribution is 2.19. The largest absolute Gasteiger partial charge is 0.494 e. The van der Waals surface area contributed by atoms with E-state index in [-0.39, 0.29) is 5.97 Å². The number of benzene rings is 1. The highest BCUT2D eigenvalue weighted by molar-refractivity contribution is 5.77. The van der Waals surface area contributed by atoms with Crippen LogP contribution >= 0.6 is 0 Å². The molecule has 0 heterocycles. The van der Waals surface area contributed by atoms with Gasteiger partial charge in [-0.25, -0.2) is 4.79 Å². The van der Waals surface area contributed by atoms with Crippen LogP contribution in [-0.2, 0) is 9.53 Å². The quantitative estimate of drug-likeness (QED) is 0.704. The molecule has 0 aliphatic heterocycles. The summed E-state index contributed by atoms with van der Waals surface area (Å²) in [5.74, 6) is 0.553. The fourth-order valence-corrected chi connectivity index (χ4v) is 1.92. The number of hydrogen-bond donors (Lipinski definition) is 1. The Morgan fingerprint density at radius 2 is 1.86 bits per heavy atom. The average Bonchev–Trinajstić information content (AvgIpc) is 2.45. The normalized spacial score (nSPS) is 12.2. The number of esters is 1. The Balaban J connectivity index is 2.76. The zero-order valence-electron chi connectivity index (χ0n) is 13.4. The van der Waals surface area contributed by atoms with Crippen LogP contribution in [0, 0.1) is 0 Å². The summed E-state index contributed by atoms with van der Waals surface area (Å²) < 4.78 is 10.6. The molecule has 21 heavy (non-hydrogen) atoms. The van der Waals surface area contributed by atoms with Gasteiger partial charge in [-0.05, 0) is 45.6 Å². The summed E-state index contributed by atoms with van der Waals surface area (Å²) in [5, 5.41) is 3.25. The molecule has 0 saturated heterocycles. The van der Waals surface area contributed by atoms with E-state index in [1.165, 1.54) is 0 Å². The average molecular weight is 294 g/mol. The molecule has 118 valence electrons. The summed E-state index contributed by atoms with van der Waals surface area (Å²) in [5.41, 5.74) is 0.885. The van der Waals surface area contributed by atoms with Gasteiger partial charge in [0.15, 0.2) is 0 Å². The van der Waals surface area contributed by atoms with Gasteiger partial charge < -0.3 is 14.4 Å². The van der Waals surface area contributed by atoms with Crippen LogP contribution in [0.25, 0.3) is 0 Å². The maximum atomic E-state index is 12.1. The highest BCUT2D eigenvalue weighted by atomic mass is 16.5. The maximum absolute atomic E-state index is 12.1. The molecule has 1 aromatic rings. The van der Waals surface area contributed by atoms with Crippen LogP contribution in [0.3, 0.4) is 0 Å². The van der Waals surface area contributed by atoms with E-state index in [2.05, 4.69) is 10.2 Å². The SMILES string of the molecule is CCOC(=O)C(NCCN(C)C)c1ccc(OCC)cc1. The van der Waals surface area contributed by atoms with Gasteiger partial charge in [-0.2, -0.15) is 0 Å². The molecule has 0 bridgehead atoms. The van der Waals surface area contributed by atoms with Crippen molar-refractivity contribution in [1.82, 2.24) is 10.2 Å². The van der Waals surface area contributed by atoms with E-state index in [4.69, 9.17) is 9.47 Å². The molecule has 0 fully saturated rings. The number of likely N-dealkylation sites (N-methyl/N-ethyl adjacent to an activating group) is 1. The van der Waals surface area contributed by atoms with Crippen LogP contribution in [0.4, 0.5) is 0 Å². The summed E-state index contributed by atoms with van der Waals surface area (Å²) in [6.45, 7) is 6.32. The number of nitrogens with zero attached hydrogens (tertiary/aromatic N) is 1. The first kappa shape index (κ1) is 17.5. The third-order valence-corrected chi connectivity index (χ3v) is 2.95. The van der Waals surface area contributed by atoms with Gasteiger partial charge in [0.2, 0.25) is 0 Å². The molecule has 1 atom stereocenters. The highest BCUT2D eigenvalue weighted by Gasteiger charge is 2.21. The Kier molecular flexibility index (Phi) is 7.79. The van der Waals surface area contributed by atoms with Crippen LogP contribution in [0.1, 0.15) is 25.5 Å². The minimum absolute atomic E-state index is 0.250. The zero-order valence-corrected chi connectivity index (χ0v) is 13.4. The molecule has 0 radical (unpaired) electrons. The van der Waals surface area contributed by atoms with Gasteiger partial charge in [-0.1, -0.05) is 12.1 Å². The fraction of sp³-hybridized carbons (Fsp3) is 0.562. The van der Waals surface area contributed by atoms with E-state index in [0.29, 0.717) is 19.8 Å². The lowest BCUT2D eigenvalue weighted by molar-refractivity contribution is -0.145. The minimum Gasteiger partial charge on any atom is -0.494 e. The van der Waals surface area contributed by atoms with Crippen LogP contribution in [0.15, 0.2) is 24.3 Å². The summed E-state index contributed by atoms with van der Waals surface area (Å²) in [6.07, 6.45) is 0. The van der Waals surface area contributed by atoms with Crippen molar-refractivity contribution in [1.29, 1.82) is 0 Å². The smallest absolute Gasteiger partial charge is 0.327 e. The van der Waals surface area contributed by atoms with Crippen molar-refractivity contribution < 1.29 is 14.3 Å². The molecule has 0 aliphatic carbocycles. The number of carbonyl (C=O) groups is 1. The van der Waals surface area contributed by atoms with Crippen molar-refractivity contribution in [3.05, 3.63) is 29.8 Å². The maximum Gasteiger partial charge on any atom is 0.327 e. The van der Waals surface area contributed by atoms with E-state index < -0.39 is 6.04 Å². The van der Waals surface area contributed by atoms with Crippen molar-refractivity contribution in [2.24, 2.45) is 0 Å². The monoisotopic (exact) mass is 294 g/mol. The van der Waals surface area contributed by atoms with Crippen molar-refractivity contribution in [3.8, 4) is 5.75 Å². The number of carbonyl (C=O) groups excluding carboxylic acids is 1. The standard InChI is InChI=1S/C16H26N2O3/c1-5-20-14-9-7-13(8-10-14)15(16(19)21-6-2)17-11-12-18(3)4/h7-10,15,17H,5-6,11-12H2,1-4H3. The summed E-state index contributed by atoms with van der Waals surface area (Å²) in [6, 6.07) is 7.10. The first-order valence-electron chi connectivity index (χ1n) is 7.36. The van der Waals surface area contributed by atoms with Crippen LogP contribution in [-0.4, -0.2) is 51.3 Å². The third kappa shape index (κ3) is 6.14. The third-order valence-electron chi connectivity index (χ3n) is 2.95. The van der Waals surface area contributed by atoms with Crippen LogP contribution in [0.5, 0.6) is 5.75 Å². The van der Waals surface area contributed by atoms with Crippen molar-refractivity contribution in [2.45, 2.75) is 19.9 Å². The predicted octanol–water partition coefficient (Wildman–Crippen LogP) is 1.84. The molecule has 1 unspecified atom stereocenters. The molecule has 1 N–H and O–H groups in total. The van der Waals surface area contributed by atoms with Gasteiger partial charge >= 0.3 is 5.97 Å². The number of nitrogens with one attached hydrogen (secondary N) is 1. The topological polar surface area (TPSA) is 50.8 Å². The number of rotatable bonds is 9. The van der Waals surface area contributed by atoms with Gasteiger partial charge in [0, 0.05) is 13.1 Å². The van der Waals surface area contributed by atoms with Gasteiger partial charge in [0.1, 0.15) is 11.8 Å². The predicted molar refractivity (Wildman–Crippen MR) is 83.5 cm³/mol. The second-order valence-corrected chi connectivity index (χ2v) is 4.94. The Morgan fingerprint density at radius 1 is 1.19 bits per heavy atom. The summed E-state index contributed by atoms with van der Waals surface area (Å²) >= 11 is 0. The molecule has 0 saturated carbocycles. The fourth-order valence-electron chi connectivity index (χ4n) is 1.92. The number of hydrogen-bond acceptors (Lipinski definition) is 5. The van der Waals surface area contributed by atoms with Gasteiger partial charge in [-0.15, -0.1) is 0 Å². The molecule has 0 aromatic heterocycles. The molecule has 0 amide bonds. The van der Waals surface area contributed by atoms with Crippen molar-refractivity contribution in [3.63, 3.8) is 0 Å².